The van der Waals surface area contributed by atoms with Gasteiger partial charge in [-0.1, -0.05) is 0 Å². The molecular formula is C23H24FN5O4. The number of rotatable bonds is 8. The van der Waals surface area contributed by atoms with Crippen LogP contribution < -0.4 is 20.7 Å². The van der Waals surface area contributed by atoms with Crippen LogP contribution >= 0.6 is 0 Å². The molecule has 1 aliphatic heterocycles. The molecule has 3 N–H and O–H groups in total. The van der Waals surface area contributed by atoms with Crippen LogP contribution in [0.4, 0.5) is 15.8 Å². The lowest BCUT2D eigenvalue weighted by Gasteiger charge is -2.28. The van der Waals surface area contributed by atoms with Gasteiger partial charge in [0.25, 0.3) is 11.8 Å². The first-order chi connectivity index (χ1) is 15.9. The van der Waals surface area contributed by atoms with E-state index in [0.717, 1.165) is 0 Å². The van der Waals surface area contributed by atoms with Gasteiger partial charge >= 0.3 is 0 Å². The maximum Gasteiger partial charge on any atom is 0.277 e. The number of carbonyl (C=O) groups is 2. The number of nitrogens with two attached hydrogens (primary N) is 1. The highest BCUT2D eigenvalue weighted by molar-refractivity contribution is 6.09. The van der Waals surface area contributed by atoms with E-state index >= 15 is 0 Å². The molecule has 9 nitrogen and oxygen atoms in total. The zero-order chi connectivity index (χ0) is 23.5. The Morgan fingerprint density at radius 1 is 1.18 bits per heavy atom. The first-order valence-electron chi connectivity index (χ1n) is 10.3. The predicted molar refractivity (Wildman–Crippen MR) is 121 cm³/mol. The van der Waals surface area contributed by atoms with Crippen molar-refractivity contribution in [2.24, 2.45) is 5.73 Å². The molecule has 4 rings (SSSR count). The summed E-state index contributed by atoms with van der Waals surface area (Å²) in [7, 11) is 3.12. The van der Waals surface area contributed by atoms with Crippen molar-refractivity contribution in [1.29, 1.82) is 0 Å². The van der Waals surface area contributed by atoms with Crippen LogP contribution in [0.15, 0.2) is 42.5 Å². The Morgan fingerprint density at radius 2 is 1.91 bits per heavy atom. The van der Waals surface area contributed by atoms with E-state index < -0.39 is 17.6 Å². The number of hydrogen-bond donors (Lipinski definition) is 2. The number of primary amides is 1. The highest BCUT2D eigenvalue weighted by Crippen LogP contribution is 2.30. The van der Waals surface area contributed by atoms with Gasteiger partial charge in [-0.3, -0.25) is 9.59 Å². The number of aromatic nitrogens is 2. The largest absolute Gasteiger partial charge is 0.497 e. The highest BCUT2D eigenvalue weighted by Gasteiger charge is 2.34. The SMILES string of the molecule is COCCNc1ccc(N2CCc3c(C(N)=O)nn(-c4ccc(OC)cc4)c3C2=O)cc1F. The summed E-state index contributed by atoms with van der Waals surface area (Å²) in [4.78, 5) is 27.0. The van der Waals surface area contributed by atoms with Crippen molar-refractivity contribution in [3.8, 4) is 11.4 Å². The van der Waals surface area contributed by atoms with Gasteiger partial charge in [0.2, 0.25) is 0 Å². The molecule has 0 unspecified atom stereocenters. The van der Waals surface area contributed by atoms with Crippen LogP contribution in [0.1, 0.15) is 26.5 Å². The molecule has 1 aliphatic rings. The first-order valence-corrected chi connectivity index (χ1v) is 10.3. The Balaban J connectivity index is 1.70. The van der Waals surface area contributed by atoms with Crippen molar-refractivity contribution < 1.29 is 23.5 Å². The van der Waals surface area contributed by atoms with Crippen molar-refractivity contribution in [3.63, 3.8) is 0 Å². The van der Waals surface area contributed by atoms with E-state index in [-0.39, 0.29) is 17.9 Å². The molecule has 3 aromatic rings. The summed E-state index contributed by atoms with van der Waals surface area (Å²) < 4.78 is 26.2. The van der Waals surface area contributed by atoms with Crippen molar-refractivity contribution in [1.82, 2.24) is 9.78 Å². The number of benzene rings is 2. The molecule has 2 aromatic carbocycles. The Kier molecular flexibility index (Phi) is 6.27. The number of fused-ring (bicyclic) bond motifs is 1. The molecule has 0 radical (unpaired) electrons. The van der Waals surface area contributed by atoms with Gasteiger partial charge in [-0.05, 0) is 48.9 Å². The first kappa shape index (κ1) is 22.3. The van der Waals surface area contributed by atoms with Gasteiger partial charge < -0.3 is 25.4 Å². The molecule has 0 atom stereocenters. The molecule has 2 heterocycles. The van der Waals surface area contributed by atoms with Crippen LogP contribution in [-0.2, 0) is 11.2 Å². The summed E-state index contributed by atoms with van der Waals surface area (Å²) in [5.41, 5.74) is 7.58. The lowest BCUT2D eigenvalue weighted by Crippen LogP contribution is -2.39. The standard InChI is InChI=1S/C23H24FN5O4/c1-32-12-10-26-19-8-5-15(13-18(19)24)28-11-9-17-20(22(25)30)27-29(21(17)23(28)31)14-3-6-16(33-2)7-4-14/h3-8,13,26H,9-12H2,1-2H3,(H2,25,30). The monoisotopic (exact) mass is 453 g/mol. The molecule has 0 spiro atoms. The van der Waals surface area contributed by atoms with E-state index in [4.69, 9.17) is 15.2 Å². The molecule has 0 saturated carbocycles. The van der Waals surface area contributed by atoms with Gasteiger partial charge in [0, 0.05) is 31.5 Å². The smallest absolute Gasteiger partial charge is 0.277 e. The third-order valence-electron chi connectivity index (χ3n) is 5.45. The number of nitrogens with one attached hydrogen (secondary N) is 1. The van der Waals surface area contributed by atoms with Gasteiger partial charge in [-0.15, -0.1) is 0 Å². The van der Waals surface area contributed by atoms with Gasteiger partial charge in [0.05, 0.1) is 25.1 Å². The summed E-state index contributed by atoms with van der Waals surface area (Å²) in [5, 5.41) is 7.27. The van der Waals surface area contributed by atoms with Crippen LogP contribution in [0, 0.1) is 5.82 Å². The minimum Gasteiger partial charge on any atom is -0.497 e. The third kappa shape index (κ3) is 4.24. The molecule has 33 heavy (non-hydrogen) atoms. The maximum atomic E-state index is 14.6. The number of carbonyl (C=O) groups excluding carboxylic acids is 2. The van der Waals surface area contributed by atoms with Gasteiger partial charge in [0.1, 0.15) is 17.3 Å². The summed E-state index contributed by atoms with van der Waals surface area (Å²) in [6, 6.07) is 11.5. The normalized spacial score (nSPS) is 13.1. The molecule has 0 aliphatic carbocycles. The average molecular weight is 453 g/mol. The van der Waals surface area contributed by atoms with Crippen molar-refractivity contribution in [2.75, 3.05) is 44.1 Å². The number of amides is 2. The van der Waals surface area contributed by atoms with Crippen molar-refractivity contribution >= 4 is 23.2 Å². The molecule has 0 bridgehead atoms. The summed E-state index contributed by atoms with van der Waals surface area (Å²) >= 11 is 0. The van der Waals surface area contributed by atoms with Crippen LogP contribution in [0.3, 0.4) is 0 Å². The highest BCUT2D eigenvalue weighted by atomic mass is 19.1. The topological polar surface area (TPSA) is 112 Å². The predicted octanol–water partition coefficient (Wildman–Crippen LogP) is 2.38. The second-order valence-corrected chi connectivity index (χ2v) is 7.44. The Hall–Kier alpha value is -3.92. The van der Waals surface area contributed by atoms with E-state index in [9.17, 15) is 14.0 Å². The van der Waals surface area contributed by atoms with Gasteiger partial charge in [-0.25, -0.2) is 9.07 Å². The minimum absolute atomic E-state index is 0.0534. The second-order valence-electron chi connectivity index (χ2n) is 7.44. The average Bonchev–Trinajstić information content (AvgIpc) is 3.21. The fourth-order valence-corrected chi connectivity index (χ4v) is 3.82. The van der Waals surface area contributed by atoms with E-state index in [1.807, 2.05) is 0 Å². The molecule has 0 fully saturated rings. The molecule has 0 saturated heterocycles. The quantitative estimate of drug-likeness (QED) is 0.507. The molecular weight excluding hydrogens is 429 g/mol. The number of halogens is 1. The number of methoxy groups -OCH3 is 2. The van der Waals surface area contributed by atoms with E-state index in [2.05, 4.69) is 10.4 Å². The molecule has 172 valence electrons. The number of nitrogens with zero attached hydrogens (tertiary/aromatic N) is 3. The number of hydrogen-bond acceptors (Lipinski definition) is 6. The summed E-state index contributed by atoms with van der Waals surface area (Å²) in [6.45, 7) is 1.15. The van der Waals surface area contributed by atoms with E-state index in [1.165, 1.54) is 15.6 Å². The zero-order valence-electron chi connectivity index (χ0n) is 18.3. The third-order valence-corrected chi connectivity index (χ3v) is 5.45. The maximum absolute atomic E-state index is 14.6. The van der Waals surface area contributed by atoms with Crippen LogP contribution in [0.5, 0.6) is 5.75 Å². The van der Waals surface area contributed by atoms with Crippen molar-refractivity contribution in [2.45, 2.75) is 6.42 Å². The second kappa shape index (κ2) is 9.29. The van der Waals surface area contributed by atoms with Crippen LogP contribution in [-0.4, -0.2) is 55.5 Å². The minimum atomic E-state index is -0.711. The van der Waals surface area contributed by atoms with Crippen LogP contribution in [0.25, 0.3) is 5.69 Å². The number of ether oxygens (including phenoxy) is 2. The Bertz CT molecular complexity index is 1190. The Labute approximate surface area is 189 Å². The van der Waals surface area contributed by atoms with Crippen molar-refractivity contribution in [3.05, 3.63) is 65.2 Å². The lowest BCUT2D eigenvalue weighted by atomic mass is 10.0. The molecule has 2 amide bonds. The summed E-state index contributed by atoms with van der Waals surface area (Å²) in [5.74, 6) is -0.954. The fraction of sp³-hybridized carbons (Fsp3) is 0.261. The lowest BCUT2D eigenvalue weighted by molar-refractivity contribution is 0.0972. The zero-order valence-corrected chi connectivity index (χ0v) is 18.3. The molecule has 10 heteroatoms. The van der Waals surface area contributed by atoms with Gasteiger partial charge in [-0.2, -0.15) is 5.10 Å². The van der Waals surface area contributed by atoms with Crippen LogP contribution in [0.2, 0.25) is 0 Å². The summed E-state index contributed by atoms with van der Waals surface area (Å²) in [6.07, 6.45) is 0.352. The fourth-order valence-electron chi connectivity index (χ4n) is 3.82. The Morgan fingerprint density at radius 3 is 2.55 bits per heavy atom. The molecule has 1 aromatic heterocycles. The van der Waals surface area contributed by atoms with Gasteiger partial charge in [0.15, 0.2) is 5.69 Å². The van der Waals surface area contributed by atoms with E-state index in [1.54, 1.807) is 50.6 Å². The van der Waals surface area contributed by atoms with E-state index in [0.29, 0.717) is 47.9 Å². The number of anilines is 2.